The van der Waals surface area contributed by atoms with Gasteiger partial charge in [0, 0.05) is 31.0 Å². The number of nitrogens with one attached hydrogen (secondary N) is 4. The van der Waals surface area contributed by atoms with Gasteiger partial charge in [0.1, 0.15) is 11.5 Å². The number of H-pyrrole nitrogens is 3. The van der Waals surface area contributed by atoms with Crippen LogP contribution >= 0.6 is 0 Å². The number of hydrazine groups is 2. The summed E-state index contributed by atoms with van der Waals surface area (Å²) in [6, 6.07) is 5.81. The van der Waals surface area contributed by atoms with Crippen molar-refractivity contribution in [1.82, 2.24) is 30.6 Å². The monoisotopic (exact) mass is 268 g/mol. The fraction of sp³-hybridized carbons (Fsp3) is 0. The van der Waals surface area contributed by atoms with Crippen molar-refractivity contribution in [3.63, 3.8) is 0 Å². The molecule has 0 fully saturated rings. The lowest BCUT2D eigenvalue weighted by atomic mass is 10.3. The average Bonchev–Trinajstić information content (AvgIpc) is 3.23. The third-order valence-electron chi connectivity index (χ3n) is 3.02. The van der Waals surface area contributed by atoms with Gasteiger partial charge < -0.3 is 9.97 Å². The van der Waals surface area contributed by atoms with Crippen LogP contribution in [0.25, 0.3) is 5.70 Å². The summed E-state index contributed by atoms with van der Waals surface area (Å²) in [7, 11) is 0. The molecule has 0 unspecified atom stereocenters. The Balaban J connectivity index is 1.78. The first kappa shape index (κ1) is 10.7. The summed E-state index contributed by atoms with van der Waals surface area (Å²) in [6.45, 7) is 0. The molecule has 0 bridgehead atoms. The Morgan fingerprint density at radius 1 is 1.05 bits per heavy atom. The molecule has 0 spiro atoms. The van der Waals surface area contributed by atoms with E-state index in [4.69, 9.17) is 0 Å². The zero-order valence-corrected chi connectivity index (χ0v) is 10.4. The summed E-state index contributed by atoms with van der Waals surface area (Å²) in [5.41, 5.74) is 4.99. The van der Waals surface area contributed by atoms with E-state index in [0.717, 1.165) is 17.2 Å². The molecule has 4 N–H and O–H groups in total. The van der Waals surface area contributed by atoms with Crippen molar-refractivity contribution in [2.45, 2.75) is 0 Å². The Morgan fingerprint density at radius 2 is 2.05 bits per heavy atom. The van der Waals surface area contributed by atoms with Gasteiger partial charge in [0.2, 0.25) is 5.95 Å². The van der Waals surface area contributed by atoms with Crippen LogP contribution in [0.5, 0.6) is 0 Å². The van der Waals surface area contributed by atoms with Crippen LogP contribution in [0.3, 0.4) is 0 Å². The van der Waals surface area contributed by atoms with E-state index in [2.05, 4.69) is 30.6 Å². The van der Waals surface area contributed by atoms with Gasteiger partial charge in [-0.25, -0.2) is 4.98 Å². The third-order valence-corrected chi connectivity index (χ3v) is 3.02. The molecule has 20 heavy (non-hydrogen) atoms. The molecule has 8 heteroatoms. The highest BCUT2D eigenvalue weighted by atomic mass is 15.8. The van der Waals surface area contributed by atoms with Crippen molar-refractivity contribution in [3.8, 4) is 0 Å². The van der Waals surface area contributed by atoms with Crippen LogP contribution in [0.1, 0.15) is 5.69 Å². The number of imidazole rings is 1. The van der Waals surface area contributed by atoms with E-state index < -0.39 is 0 Å². The van der Waals surface area contributed by atoms with Crippen LogP contribution in [0.2, 0.25) is 0 Å². The second-order valence-corrected chi connectivity index (χ2v) is 4.22. The molecule has 0 aliphatic carbocycles. The van der Waals surface area contributed by atoms with E-state index in [9.17, 15) is 0 Å². The summed E-state index contributed by atoms with van der Waals surface area (Å²) in [5.74, 6) is 1.60. The molecule has 3 aromatic rings. The molecule has 0 saturated heterocycles. The molecule has 1 aliphatic rings. The van der Waals surface area contributed by atoms with Crippen LogP contribution in [-0.2, 0) is 0 Å². The van der Waals surface area contributed by atoms with Gasteiger partial charge in [-0.1, -0.05) is 0 Å². The summed E-state index contributed by atoms with van der Waals surface area (Å²) in [5, 5.41) is 10.7. The maximum atomic E-state index is 4.32. The van der Waals surface area contributed by atoms with Gasteiger partial charge in [-0.05, 0) is 18.2 Å². The largest absolute Gasteiger partial charge is 0.345 e. The number of nitrogens with zero attached hydrogens (tertiary/aromatic N) is 4. The predicted octanol–water partition coefficient (Wildman–Crippen LogP) is 1.21. The maximum Gasteiger partial charge on any atom is 0.228 e. The quantitative estimate of drug-likeness (QED) is 0.573. The minimum Gasteiger partial charge on any atom is -0.345 e. The van der Waals surface area contributed by atoms with Crippen molar-refractivity contribution in [2.75, 3.05) is 10.1 Å². The van der Waals surface area contributed by atoms with Crippen molar-refractivity contribution in [1.29, 1.82) is 0 Å². The van der Waals surface area contributed by atoms with Crippen LogP contribution in [0.4, 0.5) is 11.8 Å². The first-order chi connectivity index (χ1) is 9.93. The van der Waals surface area contributed by atoms with Crippen LogP contribution in [0, 0.1) is 0 Å². The average molecular weight is 268 g/mol. The summed E-state index contributed by atoms with van der Waals surface area (Å²) in [4.78, 5) is 10.6. The van der Waals surface area contributed by atoms with E-state index in [1.54, 1.807) is 18.6 Å². The summed E-state index contributed by atoms with van der Waals surface area (Å²) in [6.07, 6.45) is 8.96. The first-order valence-electron chi connectivity index (χ1n) is 6.12. The number of hydrogen-bond donors (Lipinski definition) is 4. The lowest BCUT2D eigenvalue weighted by Gasteiger charge is -2.29. The van der Waals surface area contributed by atoms with E-state index in [0.29, 0.717) is 5.95 Å². The molecule has 0 radical (unpaired) electrons. The normalized spacial score (nSPS) is 14.5. The van der Waals surface area contributed by atoms with Gasteiger partial charge in [0.15, 0.2) is 0 Å². The third kappa shape index (κ3) is 1.55. The van der Waals surface area contributed by atoms with Gasteiger partial charge in [-0.2, -0.15) is 15.2 Å². The van der Waals surface area contributed by atoms with Crippen molar-refractivity contribution in [2.24, 2.45) is 0 Å². The van der Waals surface area contributed by atoms with Gasteiger partial charge in [0.25, 0.3) is 0 Å². The highest BCUT2D eigenvalue weighted by Gasteiger charge is 2.29. The SMILES string of the molecule is C1=C(c2ccn[nH]2)N(c2ncc[nH]2)N(c2ccc[nH]2)N1. The Kier molecular flexibility index (Phi) is 2.25. The molecule has 4 rings (SSSR count). The lowest BCUT2D eigenvalue weighted by molar-refractivity contribution is 0.767. The summed E-state index contributed by atoms with van der Waals surface area (Å²) >= 11 is 0. The molecule has 0 amide bonds. The zero-order valence-electron chi connectivity index (χ0n) is 10.4. The van der Waals surface area contributed by atoms with E-state index in [-0.39, 0.29) is 0 Å². The smallest absolute Gasteiger partial charge is 0.228 e. The molecule has 0 aromatic carbocycles. The molecular weight excluding hydrogens is 256 g/mol. The molecule has 0 atom stereocenters. The number of rotatable bonds is 3. The summed E-state index contributed by atoms with van der Waals surface area (Å²) < 4.78 is 0. The Morgan fingerprint density at radius 3 is 2.75 bits per heavy atom. The van der Waals surface area contributed by atoms with Crippen molar-refractivity contribution < 1.29 is 0 Å². The number of aromatic amines is 3. The minimum atomic E-state index is 0.699. The number of aromatic nitrogens is 5. The molecule has 8 nitrogen and oxygen atoms in total. The maximum absolute atomic E-state index is 4.32. The topological polar surface area (TPSA) is 91.7 Å². The molecule has 100 valence electrons. The van der Waals surface area contributed by atoms with E-state index in [1.165, 1.54) is 0 Å². The molecule has 1 aliphatic heterocycles. The van der Waals surface area contributed by atoms with Crippen LogP contribution < -0.4 is 15.6 Å². The van der Waals surface area contributed by atoms with E-state index in [1.807, 2.05) is 40.7 Å². The lowest BCUT2D eigenvalue weighted by Crippen LogP contribution is -2.44. The predicted molar refractivity (Wildman–Crippen MR) is 74.0 cm³/mol. The highest BCUT2D eigenvalue weighted by Crippen LogP contribution is 2.29. The minimum absolute atomic E-state index is 0.699. The molecule has 0 saturated carbocycles. The zero-order chi connectivity index (χ0) is 13.4. The number of hydrogen-bond acceptors (Lipinski definition) is 5. The second kappa shape index (κ2) is 4.19. The first-order valence-corrected chi connectivity index (χ1v) is 6.12. The van der Waals surface area contributed by atoms with Gasteiger partial charge in [-0.15, -0.1) is 0 Å². The van der Waals surface area contributed by atoms with Crippen LogP contribution in [-0.4, -0.2) is 25.1 Å². The second-order valence-electron chi connectivity index (χ2n) is 4.22. The Bertz CT molecular complexity index is 695. The molecular formula is C12H12N8. The van der Waals surface area contributed by atoms with Crippen molar-refractivity contribution >= 4 is 17.5 Å². The van der Waals surface area contributed by atoms with Crippen LogP contribution in [0.15, 0.2) is 49.2 Å². The van der Waals surface area contributed by atoms with Gasteiger partial charge >= 0.3 is 0 Å². The Labute approximate surface area is 114 Å². The molecule has 3 aromatic heterocycles. The number of anilines is 2. The fourth-order valence-corrected chi connectivity index (χ4v) is 2.15. The fourth-order valence-electron chi connectivity index (χ4n) is 2.15. The van der Waals surface area contributed by atoms with E-state index >= 15 is 0 Å². The van der Waals surface area contributed by atoms with Crippen molar-refractivity contribution in [3.05, 3.63) is 54.9 Å². The standard InChI is InChI=1S/C12H12N8/c1-2-11(13-4-1)20-17-8-10(9-3-5-16-18-9)19(20)12-14-6-7-15-12/h1-8,13,17H,(H,14,15)(H,16,18). The highest BCUT2D eigenvalue weighted by molar-refractivity contribution is 5.80. The molecule has 4 heterocycles. The Hall–Kier alpha value is -3.16. The van der Waals surface area contributed by atoms with Gasteiger partial charge in [-0.3, -0.25) is 10.5 Å². The van der Waals surface area contributed by atoms with Gasteiger partial charge in [0.05, 0.1) is 5.69 Å².